The van der Waals surface area contributed by atoms with E-state index in [0.29, 0.717) is 47.7 Å². The van der Waals surface area contributed by atoms with E-state index in [9.17, 15) is 9.59 Å². The SMILES string of the molecule is CCCOc1ccc(C2c3c(oc4ccc(Cl)cc4c3=O)C(=O)N2CCCOC)cc1. The van der Waals surface area contributed by atoms with Gasteiger partial charge in [-0.2, -0.15) is 0 Å². The largest absolute Gasteiger partial charge is 0.494 e. The molecule has 0 N–H and O–H groups in total. The molecule has 1 aromatic heterocycles. The van der Waals surface area contributed by atoms with Crippen molar-refractivity contribution < 1.29 is 18.7 Å². The molecule has 1 amide bonds. The van der Waals surface area contributed by atoms with Gasteiger partial charge < -0.3 is 18.8 Å². The zero-order valence-electron chi connectivity index (χ0n) is 17.5. The Bertz CT molecular complexity index is 1160. The lowest BCUT2D eigenvalue weighted by atomic mass is 9.98. The summed E-state index contributed by atoms with van der Waals surface area (Å²) in [6.45, 7) is 3.62. The minimum absolute atomic E-state index is 0.0912. The predicted octanol–water partition coefficient (Wildman–Crippen LogP) is 4.82. The molecule has 2 heterocycles. The third-order valence-corrected chi connectivity index (χ3v) is 5.58. The number of fused-ring (bicyclic) bond motifs is 2. The van der Waals surface area contributed by atoms with Crippen LogP contribution >= 0.6 is 11.6 Å². The van der Waals surface area contributed by atoms with Crippen LogP contribution in [0.3, 0.4) is 0 Å². The number of ether oxygens (including phenoxy) is 2. The maximum atomic E-state index is 13.4. The van der Waals surface area contributed by atoms with Crippen LogP contribution in [0.5, 0.6) is 5.75 Å². The third-order valence-electron chi connectivity index (χ3n) is 5.34. The van der Waals surface area contributed by atoms with Gasteiger partial charge in [0.2, 0.25) is 5.76 Å². The van der Waals surface area contributed by atoms with Gasteiger partial charge in [0.15, 0.2) is 5.43 Å². The van der Waals surface area contributed by atoms with Crippen molar-refractivity contribution in [1.29, 1.82) is 0 Å². The van der Waals surface area contributed by atoms with Gasteiger partial charge >= 0.3 is 0 Å². The summed E-state index contributed by atoms with van der Waals surface area (Å²) in [4.78, 5) is 28.4. The molecule has 1 aliphatic rings. The molecule has 4 rings (SSSR count). The number of halogens is 1. The van der Waals surface area contributed by atoms with E-state index in [1.165, 1.54) is 0 Å². The highest BCUT2D eigenvalue weighted by Gasteiger charge is 2.42. The van der Waals surface area contributed by atoms with E-state index in [0.717, 1.165) is 17.7 Å². The third kappa shape index (κ3) is 4.05. The molecule has 31 heavy (non-hydrogen) atoms. The van der Waals surface area contributed by atoms with E-state index in [4.69, 9.17) is 25.5 Å². The molecular formula is C24H24ClNO5. The molecule has 0 fully saturated rings. The molecule has 3 aromatic rings. The Kier molecular flexibility index (Phi) is 6.30. The lowest BCUT2D eigenvalue weighted by Gasteiger charge is -2.25. The average molecular weight is 442 g/mol. The summed E-state index contributed by atoms with van der Waals surface area (Å²) in [7, 11) is 1.62. The van der Waals surface area contributed by atoms with Crippen LogP contribution in [0.15, 0.2) is 51.7 Å². The molecule has 0 spiro atoms. The van der Waals surface area contributed by atoms with Crippen LogP contribution in [0.2, 0.25) is 5.02 Å². The lowest BCUT2D eigenvalue weighted by molar-refractivity contribution is 0.0708. The Labute approximate surface area is 185 Å². The number of carbonyl (C=O) groups is 1. The van der Waals surface area contributed by atoms with Crippen molar-refractivity contribution in [3.63, 3.8) is 0 Å². The smallest absolute Gasteiger partial charge is 0.290 e. The number of hydrogen-bond acceptors (Lipinski definition) is 5. The Morgan fingerprint density at radius 2 is 1.87 bits per heavy atom. The van der Waals surface area contributed by atoms with E-state index in [-0.39, 0.29) is 17.1 Å². The van der Waals surface area contributed by atoms with Crippen LogP contribution in [0.1, 0.15) is 47.5 Å². The van der Waals surface area contributed by atoms with Crippen molar-refractivity contribution in [1.82, 2.24) is 4.90 Å². The summed E-state index contributed by atoms with van der Waals surface area (Å²) in [5.41, 5.74) is 1.28. The van der Waals surface area contributed by atoms with Gasteiger partial charge in [-0.05, 0) is 48.7 Å². The molecule has 2 aromatic carbocycles. The minimum Gasteiger partial charge on any atom is -0.494 e. The quantitative estimate of drug-likeness (QED) is 0.469. The maximum Gasteiger partial charge on any atom is 0.290 e. The molecule has 162 valence electrons. The fraction of sp³-hybridized carbons (Fsp3) is 0.333. The van der Waals surface area contributed by atoms with Crippen LogP contribution in [-0.2, 0) is 4.74 Å². The van der Waals surface area contributed by atoms with Gasteiger partial charge in [-0.15, -0.1) is 0 Å². The second kappa shape index (κ2) is 9.12. The van der Waals surface area contributed by atoms with Crippen LogP contribution in [-0.4, -0.2) is 37.7 Å². The lowest BCUT2D eigenvalue weighted by Crippen LogP contribution is -2.31. The minimum atomic E-state index is -0.542. The standard InChI is InChI=1S/C24H24ClNO5/c1-3-12-30-17-8-5-15(6-9-17)21-20-22(27)18-14-16(25)7-10-19(18)31-23(20)24(28)26(21)11-4-13-29-2/h5-10,14,21H,3-4,11-13H2,1-2H3. The molecule has 0 radical (unpaired) electrons. The number of rotatable bonds is 8. The van der Waals surface area contributed by atoms with Gasteiger partial charge in [-0.1, -0.05) is 30.7 Å². The van der Waals surface area contributed by atoms with Crippen LogP contribution in [0.25, 0.3) is 11.0 Å². The summed E-state index contributed by atoms with van der Waals surface area (Å²) in [6, 6.07) is 11.8. The van der Waals surface area contributed by atoms with E-state index < -0.39 is 6.04 Å². The van der Waals surface area contributed by atoms with Crippen molar-refractivity contribution >= 4 is 28.5 Å². The summed E-state index contributed by atoms with van der Waals surface area (Å²) >= 11 is 6.11. The highest BCUT2D eigenvalue weighted by atomic mass is 35.5. The first kappa shape index (κ1) is 21.4. The van der Waals surface area contributed by atoms with E-state index in [1.807, 2.05) is 31.2 Å². The molecule has 6 nitrogen and oxygen atoms in total. The van der Waals surface area contributed by atoms with E-state index in [2.05, 4.69) is 0 Å². The number of carbonyl (C=O) groups excluding carboxylic acids is 1. The Hall–Kier alpha value is -2.83. The zero-order valence-corrected chi connectivity index (χ0v) is 18.3. The highest BCUT2D eigenvalue weighted by molar-refractivity contribution is 6.31. The van der Waals surface area contributed by atoms with Crippen molar-refractivity contribution in [2.75, 3.05) is 26.9 Å². The van der Waals surface area contributed by atoms with Crippen LogP contribution in [0.4, 0.5) is 0 Å². The monoisotopic (exact) mass is 441 g/mol. The highest BCUT2D eigenvalue weighted by Crippen LogP contribution is 2.38. The molecule has 0 saturated heterocycles. The first-order valence-corrected chi connectivity index (χ1v) is 10.7. The molecular weight excluding hydrogens is 418 g/mol. The van der Waals surface area contributed by atoms with Gasteiger partial charge in [0.05, 0.1) is 23.6 Å². The molecule has 0 aliphatic carbocycles. The van der Waals surface area contributed by atoms with Crippen molar-refractivity contribution in [2.24, 2.45) is 0 Å². The van der Waals surface area contributed by atoms with E-state index >= 15 is 0 Å². The summed E-state index contributed by atoms with van der Waals surface area (Å²) in [5.74, 6) is 0.545. The Morgan fingerprint density at radius 1 is 1.10 bits per heavy atom. The fourth-order valence-corrected chi connectivity index (χ4v) is 4.09. The topological polar surface area (TPSA) is 69.0 Å². The van der Waals surface area contributed by atoms with Crippen molar-refractivity contribution in [3.8, 4) is 5.75 Å². The Morgan fingerprint density at radius 3 is 2.58 bits per heavy atom. The maximum absolute atomic E-state index is 13.4. The second-order valence-electron chi connectivity index (χ2n) is 7.48. The number of amides is 1. The molecule has 1 aliphatic heterocycles. The fourth-order valence-electron chi connectivity index (χ4n) is 3.92. The van der Waals surface area contributed by atoms with Gasteiger partial charge in [0, 0.05) is 25.3 Å². The van der Waals surface area contributed by atoms with Crippen LogP contribution < -0.4 is 10.2 Å². The van der Waals surface area contributed by atoms with Gasteiger partial charge in [-0.3, -0.25) is 9.59 Å². The average Bonchev–Trinajstić information content (AvgIpc) is 3.05. The van der Waals surface area contributed by atoms with E-state index in [1.54, 1.807) is 30.2 Å². The summed E-state index contributed by atoms with van der Waals surface area (Å²) < 4.78 is 16.7. The summed E-state index contributed by atoms with van der Waals surface area (Å²) in [6.07, 6.45) is 1.56. The molecule has 0 saturated carbocycles. The number of benzene rings is 2. The molecule has 7 heteroatoms. The summed E-state index contributed by atoms with van der Waals surface area (Å²) in [5, 5.41) is 0.806. The molecule has 0 bridgehead atoms. The molecule has 1 atom stereocenters. The van der Waals surface area contributed by atoms with Crippen LogP contribution in [0, 0.1) is 0 Å². The second-order valence-corrected chi connectivity index (χ2v) is 7.92. The predicted molar refractivity (Wildman–Crippen MR) is 119 cm³/mol. The van der Waals surface area contributed by atoms with Gasteiger partial charge in [0.25, 0.3) is 5.91 Å². The number of nitrogens with zero attached hydrogens (tertiary/aromatic N) is 1. The molecule has 1 unspecified atom stereocenters. The van der Waals surface area contributed by atoms with Crippen molar-refractivity contribution in [2.45, 2.75) is 25.8 Å². The van der Waals surface area contributed by atoms with Gasteiger partial charge in [0.1, 0.15) is 11.3 Å². The van der Waals surface area contributed by atoms with Crippen molar-refractivity contribution in [3.05, 3.63) is 74.6 Å². The normalized spacial score (nSPS) is 15.5. The van der Waals surface area contributed by atoms with Gasteiger partial charge in [-0.25, -0.2) is 0 Å². The number of methoxy groups -OCH3 is 1. The zero-order chi connectivity index (χ0) is 22.0. The Balaban J connectivity index is 1.82. The first-order chi connectivity index (χ1) is 15.0. The first-order valence-electron chi connectivity index (χ1n) is 10.3. The number of hydrogen-bond donors (Lipinski definition) is 0.